The first-order valence-electron chi connectivity index (χ1n) is 6.54. The van der Waals surface area contributed by atoms with Crippen LogP contribution in [0.1, 0.15) is 23.3 Å². The highest BCUT2D eigenvalue weighted by Gasteiger charge is 2.24. The molecular formula is C13H19F2N3O. The lowest BCUT2D eigenvalue weighted by Crippen LogP contribution is -2.40. The van der Waals surface area contributed by atoms with Crippen molar-refractivity contribution in [1.82, 2.24) is 9.47 Å². The molecule has 1 saturated heterocycles. The maximum atomic E-state index is 12.4. The molecule has 0 spiro atoms. The molecule has 1 aliphatic heterocycles. The van der Waals surface area contributed by atoms with Gasteiger partial charge in [-0.3, -0.25) is 4.79 Å². The van der Waals surface area contributed by atoms with Gasteiger partial charge in [0.1, 0.15) is 5.69 Å². The van der Waals surface area contributed by atoms with Gasteiger partial charge in [-0.15, -0.1) is 0 Å². The van der Waals surface area contributed by atoms with Crippen LogP contribution in [0.4, 0.5) is 8.78 Å². The molecule has 2 heterocycles. The number of nitrogens with zero attached hydrogens (tertiary/aromatic N) is 2. The number of hydrogen-bond acceptors (Lipinski definition) is 2. The summed E-state index contributed by atoms with van der Waals surface area (Å²) in [5.74, 6) is 0.304. The van der Waals surface area contributed by atoms with Gasteiger partial charge in [0.15, 0.2) is 0 Å². The van der Waals surface area contributed by atoms with Crippen molar-refractivity contribution in [1.29, 1.82) is 0 Å². The minimum atomic E-state index is -2.46. The number of halogens is 2. The summed E-state index contributed by atoms with van der Waals surface area (Å²) in [4.78, 5) is 14.0. The first kappa shape index (κ1) is 14.0. The van der Waals surface area contributed by atoms with Crippen molar-refractivity contribution in [3.63, 3.8) is 0 Å². The quantitative estimate of drug-likeness (QED) is 0.903. The van der Waals surface area contributed by atoms with Crippen LogP contribution < -0.4 is 5.73 Å². The zero-order valence-electron chi connectivity index (χ0n) is 10.8. The Bertz CT molecular complexity index is 425. The number of piperidine rings is 1. The van der Waals surface area contributed by atoms with Gasteiger partial charge in [0.05, 0.1) is 6.54 Å². The standard InChI is InChI=1S/C13H19F2N3O/c14-12(15)9-18-5-1-2-11(18)13(19)17-6-3-10(8-16)4-7-17/h1-2,5,10,12H,3-4,6-9,16H2. The van der Waals surface area contributed by atoms with E-state index < -0.39 is 13.0 Å². The van der Waals surface area contributed by atoms with Gasteiger partial charge in [-0.25, -0.2) is 8.78 Å². The van der Waals surface area contributed by atoms with Gasteiger partial charge < -0.3 is 15.2 Å². The molecule has 1 amide bonds. The molecule has 0 atom stereocenters. The van der Waals surface area contributed by atoms with Crippen LogP contribution >= 0.6 is 0 Å². The smallest absolute Gasteiger partial charge is 0.270 e. The summed E-state index contributed by atoms with van der Waals surface area (Å²) in [6.45, 7) is 1.51. The number of hydrogen-bond donors (Lipinski definition) is 1. The van der Waals surface area contributed by atoms with Crippen molar-refractivity contribution in [2.45, 2.75) is 25.8 Å². The van der Waals surface area contributed by atoms with Crippen molar-refractivity contribution in [3.05, 3.63) is 24.0 Å². The van der Waals surface area contributed by atoms with Gasteiger partial charge >= 0.3 is 0 Å². The van der Waals surface area contributed by atoms with Crippen molar-refractivity contribution >= 4 is 5.91 Å². The number of likely N-dealkylation sites (tertiary alicyclic amines) is 1. The zero-order chi connectivity index (χ0) is 13.8. The number of amides is 1. The fraction of sp³-hybridized carbons (Fsp3) is 0.615. The minimum absolute atomic E-state index is 0.166. The highest BCUT2D eigenvalue weighted by atomic mass is 19.3. The molecule has 2 N–H and O–H groups in total. The monoisotopic (exact) mass is 271 g/mol. The Labute approximate surface area is 111 Å². The number of carbonyl (C=O) groups excluding carboxylic acids is 1. The van der Waals surface area contributed by atoms with E-state index in [1.54, 1.807) is 17.0 Å². The molecular weight excluding hydrogens is 252 g/mol. The van der Waals surface area contributed by atoms with Crippen molar-refractivity contribution in [3.8, 4) is 0 Å². The van der Waals surface area contributed by atoms with E-state index in [1.807, 2.05) is 0 Å². The number of rotatable bonds is 4. The number of aromatic nitrogens is 1. The first-order chi connectivity index (χ1) is 9.11. The van der Waals surface area contributed by atoms with E-state index in [0.29, 0.717) is 31.2 Å². The number of alkyl halides is 2. The summed E-state index contributed by atoms with van der Waals surface area (Å²) < 4.78 is 26.2. The third kappa shape index (κ3) is 3.32. The second kappa shape index (κ2) is 6.14. The Morgan fingerprint density at radius 1 is 1.42 bits per heavy atom. The van der Waals surface area contributed by atoms with Crippen LogP contribution in [-0.4, -0.2) is 41.4 Å². The largest absolute Gasteiger partial charge is 0.338 e. The van der Waals surface area contributed by atoms with E-state index >= 15 is 0 Å². The van der Waals surface area contributed by atoms with Gasteiger partial charge in [-0.1, -0.05) is 0 Å². The van der Waals surface area contributed by atoms with Crippen LogP contribution in [0.2, 0.25) is 0 Å². The fourth-order valence-electron chi connectivity index (χ4n) is 2.45. The van der Waals surface area contributed by atoms with Crippen molar-refractivity contribution in [2.75, 3.05) is 19.6 Å². The molecule has 1 aliphatic rings. The molecule has 0 bridgehead atoms. The van der Waals surface area contributed by atoms with Crippen LogP contribution in [0.15, 0.2) is 18.3 Å². The van der Waals surface area contributed by atoms with Gasteiger partial charge in [-0.2, -0.15) is 0 Å². The molecule has 106 valence electrons. The molecule has 0 aliphatic carbocycles. The zero-order valence-corrected chi connectivity index (χ0v) is 10.8. The maximum absolute atomic E-state index is 12.4. The van der Waals surface area contributed by atoms with Crippen molar-refractivity contribution < 1.29 is 13.6 Å². The fourth-order valence-corrected chi connectivity index (χ4v) is 2.45. The van der Waals surface area contributed by atoms with Gasteiger partial charge in [0, 0.05) is 19.3 Å². The van der Waals surface area contributed by atoms with E-state index in [9.17, 15) is 13.6 Å². The molecule has 1 aromatic heterocycles. The molecule has 19 heavy (non-hydrogen) atoms. The minimum Gasteiger partial charge on any atom is -0.338 e. The Morgan fingerprint density at radius 2 is 2.11 bits per heavy atom. The lowest BCUT2D eigenvalue weighted by Gasteiger charge is -2.31. The van der Waals surface area contributed by atoms with E-state index in [1.165, 1.54) is 10.8 Å². The molecule has 6 heteroatoms. The molecule has 1 fully saturated rings. The highest BCUT2D eigenvalue weighted by molar-refractivity contribution is 5.92. The molecule has 1 aromatic rings. The third-order valence-corrected chi connectivity index (χ3v) is 3.62. The van der Waals surface area contributed by atoms with Crippen molar-refractivity contribution in [2.24, 2.45) is 11.7 Å². The summed E-state index contributed by atoms with van der Waals surface area (Å²) in [5, 5.41) is 0. The Kier molecular flexibility index (Phi) is 4.52. The molecule has 0 radical (unpaired) electrons. The second-order valence-corrected chi connectivity index (χ2v) is 4.91. The SMILES string of the molecule is NCC1CCN(C(=O)c2cccn2CC(F)F)CC1. The highest BCUT2D eigenvalue weighted by Crippen LogP contribution is 2.18. The average molecular weight is 271 g/mol. The maximum Gasteiger partial charge on any atom is 0.270 e. The average Bonchev–Trinajstić information content (AvgIpc) is 2.85. The Hall–Kier alpha value is -1.43. The predicted octanol–water partition coefficient (Wildman–Crippen LogP) is 1.56. The summed E-state index contributed by atoms with van der Waals surface area (Å²) in [7, 11) is 0. The van der Waals surface area contributed by atoms with E-state index in [0.717, 1.165) is 12.8 Å². The third-order valence-electron chi connectivity index (χ3n) is 3.62. The number of nitrogens with two attached hydrogens (primary N) is 1. The summed E-state index contributed by atoms with van der Waals surface area (Å²) in [6, 6.07) is 3.22. The predicted molar refractivity (Wildman–Crippen MR) is 68.1 cm³/mol. The lowest BCUT2D eigenvalue weighted by atomic mass is 9.97. The number of carbonyl (C=O) groups is 1. The molecule has 4 nitrogen and oxygen atoms in total. The summed E-state index contributed by atoms with van der Waals surface area (Å²) in [6.07, 6.45) is 0.837. The van der Waals surface area contributed by atoms with Crippen LogP contribution in [-0.2, 0) is 6.54 Å². The summed E-state index contributed by atoms with van der Waals surface area (Å²) >= 11 is 0. The Balaban J connectivity index is 2.02. The topological polar surface area (TPSA) is 51.3 Å². The second-order valence-electron chi connectivity index (χ2n) is 4.91. The van der Waals surface area contributed by atoms with Crippen LogP contribution in [0.3, 0.4) is 0 Å². The molecule has 0 aromatic carbocycles. The normalized spacial score (nSPS) is 17.2. The van der Waals surface area contributed by atoms with Crippen LogP contribution in [0, 0.1) is 5.92 Å². The van der Waals surface area contributed by atoms with Crippen LogP contribution in [0.5, 0.6) is 0 Å². The lowest BCUT2D eigenvalue weighted by molar-refractivity contribution is 0.0673. The van der Waals surface area contributed by atoms with Gasteiger partial charge in [-0.05, 0) is 37.4 Å². The molecule has 2 rings (SSSR count). The van der Waals surface area contributed by atoms with Crippen LogP contribution in [0.25, 0.3) is 0 Å². The molecule has 0 unspecified atom stereocenters. The summed E-state index contributed by atoms with van der Waals surface area (Å²) in [5.41, 5.74) is 5.95. The molecule has 0 saturated carbocycles. The van der Waals surface area contributed by atoms with E-state index in [2.05, 4.69) is 0 Å². The van der Waals surface area contributed by atoms with Gasteiger partial charge in [0.25, 0.3) is 12.3 Å². The van der Waals surface area contributed by atoms with Gasteiger partial charge in [0.2, 0.25) is 0 Å². The first-order valence-corrected chi connectivity index (χ1v) is 6.54. The Morgan fingerprint density at radius 3 is 2.68 bits per heavy atom. The van der Waals surface area contributed by atoms with E-state index in [-0.39, 0.29) is 5.91 Å². The van der Waals surface area contributed by atoms with E-state index in [4.69, 9.17) is 5.73 Å².